The van der Waals surface area contributed by atoms with Crippen LogP contribution in [0.4, 0.5) is 0 Å². The number of nitrogens with one attached hydrogen (secondary N) is 1. The lowest BCUT2D eigenvalue weighted by atomic mass is 9.96. The Morgan fingerprint density at radius 2 is 1.83 bits per heavy atom. The van der Waals surface area contributed by atoms with E-state index < -0.39 is 0 Å². The molecule has 0 saturated carbocycles. The third-order valence-corrected chi connectivity index (χ3v) is 3.60. The molecule has 1 saturated heterocycles. The van der Waals surface area contributed by atoms with Crippen LogP contribution in [0.1, 0.15) is 27.7 Å². The summed E-state index contributed by atoms with van der Waals surface area (Å²) in [7, 11) is 0. The molecule has 1 N–H and O–H groups in total. The molecule has 0 aromatic rings. The molecule has 0 aromatic heterocycles. The summed E-state index contributed by atoms with van der Waals surface area (Å²) in [5.74, 6) is 1.27. The first kappa shape index (κ1) is 11.9. The molecule has 0 amide bonds. The molecular weight excluding hydrogens is 166 g/mol. The Hall–Kier alpha value is -0.130. The van der Waals surface area contributed by atoms with Crippen molar-refractivity contribution in [3.05, 3.63) is 0 Å². The van der Waals surface area contributed by atoms with Crippen molar-refractivity contribution in [2.45, 2.75) is 39.1 Å². The number of thioether (sulfide) groups is 1. The van der Waals surface area contributed by atoms with Crippen molar-refractivity contribution in [3.63, 3.8) is 0 Å². The van der Waals surface area contributed by atoms with Crippen LogP contribution in [0.3, 0.4) is 0 Å². The molecule has 70 valence electrons. The quantitative estimate of drug-likeness (QED) is 0.581. The van der Waals surface area contributed by atoms with E-state index >= 15 is 0 Å². The Morgan fingerprint density at radius 1 is 1.33 bits per heavy atom. The molecule has 1 aliphatic rings. The van der Waals surface area contributed by atoms with Gasteiger partial charge in [0.25, 0.3) is 0 Å². The van der Waals surface area contributed by atoms with Gasteiger partial charge in [-0.15, -0.1) is 24.6 Å². The number of hydrogen-bond acceptors (Lipinski definition) is 2. The minimum Gasteiger partial charge on any atom is -0.302 e. The zero-order chi connectivity index (χ0) is 9.78. The van der Waals surface area contributed by atoms with Crippen molar-refractivity contribution >= 4 is 11.8 Å². The highest BCUT2D eigenvalue weighted by molar-refractivity contribution is 8.00. The minimum atomic E-state index is 0.412. The summed E-state index contributed by atoms with van der Waals surface area (Å²) in [6.07, 6.45) is 8.00. The molecule has 12 heavy (non-hydrogen) atoms. The summed E-state index contributed by atoms with van der Waals surface area (Å²) in [5.41, 5.74) is 0.412. The van der Waals surface area contributed by atoms with E-state index in [-0.39, 0.29) is 0 Å². The van der Waals surface area contributed by atoms with Gasteiger partial charge in [0.2, 0.25) is 0 Å². The maximum Gasteiger partial charge on any atom is 0.0584 e. The average molecular weight is 185 g/mol. The van der Waals surface area contributed by atoms with Crippen molar-refractivity contribution in [2.24, 2.45) is 5.41 Å². The normalized spacial score (nSPS) is 29.2. The topological polar surface area (TPSA) is 12.0 Å². The molecule has 2 heteroatoms. The molecular formula is C10H19NS. The molecule has 2 atom stereocenters. The van der Waals surface area contributed by atoms with E-state index in [2.05, 4.69) is 45.9 Å². The van der Waals surface area contributed by atoms with E-state index in [4.69, 9.17) is 0 Å². The van der Waals surface area contributed by atoms with Crippen molar-refractivity contribution < 1.29 is 0 Å². The van der Waals surface area contributed by atoms with Gasteiger partial charge in [-0.05, 0) is 12.3 Å². The van der Waals surface area contributed by atoms with E-state index in [9.17, 15) is 0 Å². The van der Waals surface area contributed by atoms with Crippen molar-refractivity contribution in [3.8, 4) is 12.8 Å². The van der Waals surface area contributed by atoms with E-state index in [1.54, 1.807) is 0 Å². The maximum absolute atomic E-state index is 4.00. The molecule has 1 fully saturated rings. The van der Waals surface area contributed by atoms with Crippen LogP contribution in [0.2, 0.25) is 0 Å². The summed E-state index contributed by atoms with van der Waals surface area (Å²) in [6.45, 7) is 9.11. The van der Waals surface area contributed by atoms with Crippen LogP contribution in [0.25, 0.3) is 0 Å². The van der Waals surface area contributed by atoms with E-state index in [0.29, 0.717) is 16.8 Å². The summed E-state index contributed by atoms with van der Waals surface area (Å²) < 4.78 is 0. The van der Waals surface area contributed by atoms with Gasteiger partial charge in [-0.25, -0.2) is 0 Å². The summed E-state index contributed by atoms with van der Waals surface area (Å²) >= 11 is 2.05. The summed E-state index contributed by atoms with van der Waals surface area (Å²) in [6, 6.07) is 0.703. The van der Waals surface area contributed by atoms with Crippen LogP contribution in [0, 0.1) is 18.3 Å². The second-order valence-electron chi connectivity index (χ2n) is 4.15. The average Bonchev–Trinajstić information content (AvgIpc) is 2.39. The molecule has 1 nitrogen and oxygen atoms in total. The third-order valence-electron chi connectivity index (χ3n) is 1.74. The molecule has 0 bridgehead atoms. The summed E-state index contributed by atoms with van der Waals surface area (Å²) in [4.78, 5) is 0. The molecule has 0 aliphatic carbocycles. The lowest BCUT2D eigenvalue weighted by Crippen LogP contribution is -2.36. The Labute approximate surface area is 80.7 Å². The number of hydrogen-bond donors (Lipinski definition) is 1. The summed E-state index contributed by atoms with van der Waals surface area (Å²) in [5, 5.41) is 4.21. The number of terminal acetylenes is 1. The highest BCUT2D eigenvalue weighted by Crippen LogP contribution is 2.32. The van der Waals surface area contributed by atoms with Gasteiger partial charge in [0.1, 0.15) is 0 Å². The predicted octanol–water partition coefficient (Wildman–Crippen LogP) is 2.33. The van der Waals surface area contributed by atoms with Crippen molar-refractivity contribution in [2.75, 3.05) is 5.75 Å². The Bertz CT molecular complexity index is 146. The lowest BCUT2D eigenvalue weighted by Gasteiger charge is -2.26. The monoisotopic (exact) mass is 185 g/mol. The molecule has 1 heterocycles. The largest absolute Gasteiger partial charge is 0.302 e. The second-order valence-corrected chi connectivity index (χ2v) is 5.29. The molecule has 1 aliphatic heterocycles. The van der Waals surface area contributed by atoms with Crippen LogP contribution in [-0.2, 0) is 0 Å². The van der Waals surface area contributed by atoms with Gasteiger partial charge in [0.15, 0.2) is 0 Å². The van der Waals surface area contributed by atoms with E-state index in [0.717, 1.165) is 0 Å². The van der Waals surface area contributed by atoms with Gasteiger partial charge >= 0.3 is 0 Å². The van der Waals surface area contributed by atoms with Gasteiger partial charge < -0.3 is 5.32 Å². The fraction of sp³-hybridized carbons (Fsp3) is 0.800. The lowest BCUT2D eigenvalue weighted by molar-refractivity contribution is 0.347. The van der Waals surface area contributed by atoms with E-state index in [1.807, 2.05) is 11.8 Å². The van der Waals surface area contributed by atoms with Gasteiger partial charge in [0.05, 0.1) is 5.37 Å². The minimum absolute atomic E-state index is 0.412. The zero-order valence-electron chi connectivity index (χ0n) is 8.42. The molecule has 0 spiro atoms. The Kier molecular flexibility index (Phi) is 4.74. The van der Waals surface area contributed by atoms with Crippen molar-refractivity contribution in [1.29, 1.82) is 0 Å². The molecule has 0 aromatic carbocycles. The molecule has 1 unspecified atom stereocenters. The molecule has 0 radical (unpaired) electrons. The van der Waals surface area contributed by atoms with E-state index in [1.165, 1.54) is 5.75 Å². The van der Waals surface area contributed by atoms with Crippen LogP contribution in [-0.4, -0.2) is 17.2 Å². The zero-order valence-corrected chi connectivity index (χ0v) is 9.24. The second kappa shape index (κ2) is 4.79. The smallest absolute Gasteiger partial charge is 0.0584 e. The fourth-order valence-electron chi connectivity index (χ4n) is 1.10. The van der Waals surface area contributed by atoms with Gasteiger partial charge in [-0.3, -0.25) is 0 Å². The fourth-order valence-corrected chi connectivity index (χ4v) is 2.50. The third kappa shape index (κ3) is 3.51. The first-order chi connectivity index (χ1) is 5.50. The Balaban J connectivity index is 0.000000561. The molecule has 1 rings (SSSR count). The van der Waals surface area contributed by atoms with Crippen molar-refractivity contribution in [1.82, 2.24) is 5.32 Å². The predicted molar refractivity (Wildman–Crippen MR) is 58.2 cm³/mol. The van der Waals surface area contributed by atoms with Gasteiger partial charge in [0, 0.05) is 11.8 Å². The van der Waals surface area contributed by atoms with Crippen LogP contribution in [0.15, 0.2) is 0 Å². The first-order valence-electron chi connectivity index (χ1n) is 4.21. The standard InChI is InChI=1S/C8H17NS.C2H2/c1-6-5-10-7(9-6)8(2,3)4;1-2/h6-7,9H,5H2,1-4H3;1-2H/t6-,7?;/m0./s1. The van der Waals surface area contributed by atoms with Crippen LogP contribution in [0.5, 0.6) is 0 Å². The maximum atomic E-state index is 4.00. The Morgan fingerprint density at radius 3 is 2.00 bits per heavy atom. The van der Waals surface area contributed by atoms with Crippen LogP contribution < -0.4 is 5.32 Å². The van der Waals surface area contributed by atoms with Crippen LogP contribution >= 0.6 is 11.8 Å². The van der Waals surface area contributed by atoms with Gasteiger partial charge in [-0.1, -0.05) is 20.8 Å². The first-order valence-corrected chi connectivity index (χ1v) is 5.26. The highest BCUT2D eigenvalue weighted by atomic mass is 32.2. The number of rotatable bonds is 0. The highest BCUT2D eigenvalue weighted by Gasteiger charge is 2.30. The SMILES string of the molecule is C#C.C[C@H]1CSC(C(C)(C)C)N1. The van der Waals surface area contributed by atoms with Gasteiger partial charge in [-0.2, -0.15) is 0 Å².